The van der Waals surface area contributed by atoms with E-state index in [9.17, 15) is 4.79 Å². The third-order valence-corrected chi connectivity index (χ3v) is 6.38. The number of nitrogens with one attached hydrogen (secondary N) is 1. The maximum atomic E-state index is 11.5. The number of hydrogen-bond donors (Lipinski definition) is 1. The molecule has 2 aliphatic rings. The van der Waals surface area contributed by atoms with Crippen molar-refractivity contribution >= 4 is 35.1 Å². The van der Waals surface area contributed by atoms with Crippen LogP contribution in [0, 0.1) is 0 Å². The Morgan fingerprint density at radius 1 is 1.03 bits per heavy atom. The highest BCUT2D eigenvalue weighted by Gasteiger charge is 2.19. The second-order valence-electron chi connectivity index (χ2n) is 8.72. The number of piperazine rings is 1. The van der Waals surface area contributed by atoms with Gasteiger partial charge in [0.15, 0.2) is 0 Å². The number of carbonyl (C=O) groups is 1. The minimum atomic E-state index is -0.258. The smallest absolute Gasteiger partial charge is 0.239 e. The fraction of sp³-hybridized carbons (Fsp3) is 0.308. The molecule has 8 nitrogen and oxygen atoms in total. The van der Waals surface area contributed by atoms with Crippen LogP contribution in [0.3, 0.4) is 0 Å². The fourth-order valence-electron chi connectivity index (χ4n) is 4.16. The Balaban J connectivity index is 1.30. The average molecular weight is 491 g/mol. The van der Waals surface area contributed by atoms with Gasteiger partial charge in [0.1, 0.15) is 17.5 Å². The van der Waals surface area contributed by atoms with E-state index in [4.69, 9.17) is 26.3 Å². The number of likely N-dealkylation sites (N-methyl/N-ethyl adjacent to an activating group) is 1. The number of hydrogen-bond acceptors (Lipinski definition) is 7. The van der Waals surface area contributed by atoms with Crippen LogP contribution in [0.2, 0.25) is 0 Å². The lowest BCUT2D eigenvalue weighted by molar-refractivity contribution is -0.113. The number of rotatable bonds is 7. The molecule has 0 saturated carbocycles. The first-order valence-corrected chi connectivity index (χ1v) is 12.2. The number of anilines is 2. The van der Waals surface area contributed by atoms with E-state index in [-0.39, 0.29) is 11.8 Å². The van der Waals surface area contributed by atoms with Gasteiger partial charge >= 0.3 is 0 Å². The van der Waals surface area contributed by atoms with Crippen LogP contribution >= 0.6 is 11.6 Å². The third kappa shape index (κ3) is 5.61. The largest absolute Gasteiger partial charge is 0.438 e. The monoisotopic (exact) mass is 490 g/mol. The summed E-state index contributed by atoms with van der Waals surface area (Å²) in [5, 5.41) is 2.71. The van der Waals surface area contributed by atoms with Crippen LogP contribution in [-0.2, 0) is 17.8 Å². The standard InChI is InChI=1S/C26H27ClN6O2/c1-32-10-12-33(13-11-32)20-6-2-18(3-7-20)14-24-30-23-17-28-16-22(23)26(31-24)35-21-8-4-19(5-9-21)29-25(34)15-27/h2-9,16H,10-15,17H2,1H3,(H,29,34). The van der Waals surface area contributed by atoms with Crippen LogP contribution in [-0.4, -0.2) is 66.1 Å². The quantitative estimate of drug-likeness (QED) is 0.508. The zero-order valence-electron chi connectivity index (χ0n) is 19.6. The van der Waals surface area contributed by atoms with Crippen LogP contribution < -0.4 is 15.0 Å². The van der Waals surface area contributed by atoms with E-state index in [1.807, 2.05) is 0 Å². The maximum absolute atomic E-state index is 11.5. The van der Waals surface area contributed by atoms with Crippen molar-refractivity contribution in [2.75, 3.05) is 49.3 Å². The summed E-state index contributed by atoms with van der Waals surface area (Å²) < 4.78 is 6.10. The molecule has 3 aromatic rings. The van der Waals surface area contributed by atoms with Crippen LogP contribution in [0.4, 0.5) is 11.4 Å². The number of halogens is 1. The molecule has 35 heavy (non-hydrogen) atoms. The molecule has 0 aliphatic carbocycles. The second kappa shape index (κ2) is 10.4. The van der Waals surface area contributed by atoms with Crippen LogP contribution in [0.5, 0.6) is 11.6 Å². The Morgan fingerprint density at radius 2 is 1.77 bits per heavy atom. The molecule has 0 bridgehead atoms. The maximum Gasteiger partial charge on any atom is 0.239 e. The molecule has 1 fully saturated rings. The number of aliphatic imine (C=N–C) groups is 1. The van der Waals surface area contributed by atoms with Crippen molar-refractivity contribution in [3.63, 3.8) is 0 Å². The SMILES string of the molecule is CN1CCN(c2ccc(Cc3nc4c(c(Oc5ccc(NC(=O)CCl)cc5)n3)C=NC4)cc2)CC1. The van der Waals surface area contributed by atoms with Crippen LogP contribution in [0.25, 0.3) is 0 Å². The van der Waals surface area contributed by atoms with Gasteiger partial charge in [-0.3, -0.25) is 9.79 Å². The minimum absolute atomic E-state index is 0.0913. The van der Waals surface area contributed by atoms with E-state index in [2.05, 4.69) is 51.4 Å². The van der Waals surface area contributed by atoms with Gasteiger partial charge in [0.05, 0.1) is 17.8 Å². The van der Waals surface area contributed by atoms with Crippen molar-refractivity contribution in [2.45, 2.75) is 13.0 Å². The second-order valence-corrected chi connectivity index (χ2v) is 8.98. The van der Waals surface area contributed by atoms with Crippen molar-refractivity contribution in [1.82, 2.24) is 14.9 Å². The zero-order valence-corrected chi connectivity index (χ0v) is 20.3. The first-order valence-electron chi connectivity index (χ1n) is 11.6. The number of carbonyl (C=O) groups excluding carboxylic acids is 1. The minimum Gasteiger partial charge on any atom is -0.438 e. The first kappa shape index (κ1) is 23.3. The lowest BCUT2D eigenvalue weighted by Crippen LogP contribution is -2.44. The molecule has 1 aromatic heterocycles. The van der Waals surface area contributed by atoms with Gasteiger partial charge in [0.2, 0.25) is 11.8 Å². The molecule has 180 valence electrons. The number of fused-ring (bicyclic) bond motifs is 1. The normalized spacial score (nSPS) is 15.2. The lowest BCUT2D eigenvalue weighted by Gasteiger charge is -2.34. The molecule has 0 spiro atoms. The van der Waals surface area contributed by atoms with Crippen LogP contribution in [0.1, 0.15) is 22.6 Å². The van der Waals surface area contributed by atoms with Crippen molar-refractivity contribution in [3.05, 3.63) is 71.2 Å². The first-order chi connectivity index (χ1) is 17.1. The van der Waals surface area contributed by atoms with E-state index in [1.54, 1.807) is 30.5 Å². The number of benzene rings is 2. The van der Waals surface area contributed by atoms with E-state index >= 15 is 0 Å². The number of ether oxygens (including phenoxy) is 1. The predicted octanol–water partition coefficient (Wildman–Crippen LogP) is 3.72. The van der Waals surface area contributed by atoms with Gasteiger partial charge in [-0.05, 0) is 49.0 Å². The highest BCUT2D eigenvalue weighted by atomic mass is 35.5. The Labute approximate surface area is 209 Å². The molecule has 1 N–H and O–H groups in total. The van der Waals surface area contributed by atoms with Crippen molar-refractivity contribution < 1.29 is 9.53 Å². The molecule has 1 saturated heterocycles. The average Bonchev–Trinajstić information content (AvgIpc) is 3.35. The summed E-state index contributed by atoms with van der Waals surface area (Å²) in [5.74, 6) is 1.44. The van der Waals surface area contributed by atoms with Gasteiger partial charge in [0.25, 0.3) is 0 Å². The topological polar surface area (TPSA) is 83.0 Å². The van der Waals surface area contributed by atoms with E-state index < -0.39 is 0 Å². The van der Waals surface area contributed by atoms with Gasteiger partial charge in [-0.25, -0.2) is 4.98 Å². The van der Waals surface area contributed by atoms with Gasteiger partial charge in [-0.1, -0.05) is 12.1 Å². The van der Waals surface area contributed by atoms with E-state index in [0.29, 0.717) is 36.1 Å². The van der Waals surface area contributed by atoms with Crippen molar-refractivity contribution in [1.29, 1.82) is 0 Å². The van der Waals surface area contributed by atoms with E-state index in [0.717, 1.165) is 43.0 Å². The number of alkyl halides is 1. The molecule has 5 rings (SSSR count). The summed E-state index contributed by atoms with van der Waals surface area (Å²) in [6.45, 7) is 4.78. The fourth-order valence-corrected chi connectivity index (χ4v) is 4.22. The summed E-state index contributed by atoms with van der Waals surface area (Å²) in [6, 6.07) is 15.7. The number of nitrogens with zero attached hydrogens (tertiary/aromatic N) is 5. The molecule has 0 unspecified atom stereocenters. The Morgan fingerprint density at radius 3 is 2.49 bits per heavy atom. The predicted molar refractivity (Wildman–Crippen MR) is 138 cm³/mol. The molecule has 2 aliphatic heterocycles. The Hall–Kier alpha value is -3.49. The molecule has 9 heteroatoms. The Kier molecular flexibility index (Phi) is 6.92. The molecule has 1 amide bonds. The van der Waals surface area contributed by atoms with Crippen LogP contribution in [0.15, 0.2) is 53.5 Å². The number of amides is 1. The summed E-state index contributed by atoms with van der Waals surface area (Å²) in [7, 11) is 2.16. The van der Waals surface area contributed by atoms with Gasteiger partial charge < -0.3 is 19.9 Å². The highest BCUT2D eigenvalue weighted by molar-refractivity contribution is 6.29. The Bertz CT molecular complexity index is 1220. The zero-order chi connectivity index (χ0) is 24.2. The summed E-state index contributed by atoms with van der Waals surface area (Å²) >= 11 is 5.55. The third-order valence-electron chi connectivity index (χ3n) is 6.14. The lowest BCUT2D eigenvalue weighted by atomic mass is 10.1. The molecule has 3 heterocycles. The molecular weight excluding hydrogens is 464 g/mol. The van der Waals surface area contributed by atoms with E-state index in [1.165, 1.54) is 5.69 Å². The van der Waals surface area contributed by atoms with Crippen molar-refractivity contribution in [3.8, 4) is 11.6 Å². The summed E-state index contributed by atoms with van der Waals surface area (Å²) in [6.07, 6.45) is 2.37. The van der Waals surface area contributed by atoms with Gasteiger partial charge in [0, 0.05) is 50.2 Å². The highest BCUT2D eigenvalue weighted by Crippen LogP contribution is 2.28. The van der Waals surface area contributed by atoms with Crippen molar-refractivity contribution in [2.24, 2.45) is 4.99 Å². The summed E-state index contributed by atoms with van der Waals surface area (Å²) in [4.78, 5) is 30.0. The molecule has 0 radical (unpaired) electrons. The molecular formula is C26H27ClN6O2. The molecule has 2 aromatic carbocycles. The van der Waals surface area contributed by atoms with Gasteiger partial charge in [-0.2, -0.15) is 4.98 Å². The summed E-state index contributed by atoms with van der Waals surface area (Å²) in [5.41, 5.74) is 4.72. The number of aromatic nitrogens is 2. The molecule has 0 atom stereocenters. The van der Waals surface area contributed by atoms with Gasteiger partial charge in [-0.15, -0.1) is 11.6 Å².